The second kappa shape index (κ2) is 4.14. The van der Waals surface area contributed by atoms with Gasteiger partial charge in [0.2, 0.25) is 5.91 Å². The smallest absolute Gasteiger partial charge is 0.226 e. The van der Waals surface area contributed by atoms with Crippen LogP contribution in [0.5, 0.6) is 0 Å². The van der Waals surface area contributed by atoms with Crippen LogP contribution in [-0.2, 0) is 4.79 Å². The molecule has 1 amide bonds. The Balaban J connectivity index is 1.69. The van der Waals surface area contributed by atoms with Crippen molar-refractivity contribution in [1.82, 2.24) is 4.98 Å². The predicted molar refractivity (Wildman–Crippen MR) is 72.3 cm³/mol. The van der Waals surface area contributed by atoms with Gasteiger partial charge in [-0.3, -0.25) is 4.79 Å². The molecule has 1 fully saturated rings. The highest BCUT2D eigenvalue weighted by Gasteiger charge is 2.34. The van der Waals surface area contributed by atoms with Crippen molar-refractivity contribution in [2.45, 2.75) is 31.2 Å². The van der Waals surface area contributed by atoms with E-state index in [1.807, 2.05) is 30.5 Å². The zero-order valence-electron chi connectivity index (χ0n) is 10.2. The molecule has 2 aromatic rings. The molecule has 0 spiro atoms. The standard InChI is InChI=1S/C14H17N3O/c15-14(5-1-6-14)9-13(18)17-11-2-3-12-10(8-11)4-7-16-12/h2-4,7-8,16H,1,5-6,9,15H2,(H,17,18). The number of aromatic amines is 1. The van der Waals surface area contributed by atoms with E-state index in [-0.39, 0.29) is 11.4 Å². The molecule has 4 heteroatoms. The van der Waals surface area contributed by atoms with Gasteiger partial charge in [-0.25, -0.2) is 0 Å². The van der Waals surface area contributed by atoms with Crippen molar-refractivity contribution in [2.75, 3.05) is 5.32 Å². The minimum Gasteiger partial charge on any atom is -0.361 e. The monoisotopic (exact) mass is 243 g/mol. The first-order valence-electron chi connectivity index (χ1n) is 6.31. The number of aromatic nitrogens is 1. The predicted octanol–water partition coefficient (Wildman–Crippen LogP) is 2.38. The van der Waals surface area contributed by atoms with Gasteiger partial charge in [-0.2, -0.15) is 0 Å². The first-order valence-corrected chi connectivity index (χ1v) is 6.31. The van der Waals surface area contributed by atoms with Crippen LogP contribution in [0, 0.1) is 0 Å². The van der Waals surface area contributed by atoms with Gasteiger partial charge in [0.25, 0.3) is 0 Å². The summed E-state index contributed by atoms with van der Waals surface area (Å²) in [5.74, 6) is 0.00656. The minimum absolute atomic E-state index is 0.00656. The molecule has 1 aliphatic carbocycles. The molecule has 94 valence electrons. The Kier molecular flexibility index (Phi) is 2.59. The molecule has 4 N–H and O–H groups in total. The quantitative estimate of drug-likeness (QED) is 0.774. The van der Waals surface area contributed by atoms with Crippen LogP contribution < -0.4 is 11.1 Å². The van der Waals surface area contributed by atoms with E-state index in [1.54, 1.807) is 0 Å². The zero-order valence-corrected chi connectivity index (χ0v) is 10.2. The molecule has 0 unspecified atom stereocenters. The van der Waals surface area contributed by atoms with Crippen LogP contribution in [0.15, 0.2) is 30.5 Å². The lowest BCUT2D eigenvalue weighted by Crippen LogP contribution is -2.48. The number of H-pyrrole nitrogens is 1. The maximum atomic E-state index is 11.9. The number of hydrogen-bond donors (Lipinski definition) is 3. The van der Waals surface area contributed by atoms with E-state index >= 15 is 0 Å². The molecular weight excluding hydrogens is 226 g/mol. The molecule has 0 saturated heterocycles. The average Bonchev–Trinajstić information content (AvgIpc) is 2.74. The highest BCUT2D eigenvalue weighted by Crippen LogP contribution is 2.32. The Labute approximate surface area is 106 Å². The van der Waals surface area contributed by atoms with Gasteiger partial charge in [0.05, 0.1) is 0 Å². The largest absolute Gasteiger partial charge is 0.361 e. The molecular formula is C14H17N3O. The molecule has 1 aromatic carbocycles. The molecule has 1 saturated carbocycles. The van der Waals surface area contributed by atoms with Crippen LogP contribution in [0.2, 0.25) is 0 Å². The van der Waals surface area contributed by atoms with Gasteiger partial charge < -0.3 is 16.0 Å². The first kappa shape index (κ1) is 11.3. The van der Waals surface area contributed by atoms with Crippen LogP contribution >= 0.6 is 0 Å². The third kappa shape index (κ3) is 2.11. The summed E-state index contributed by atoms with van der Waals surface area (Å²) in [6, 6.07) is 7.82. The molecule has 0 radical (unpaired) electrons. The van der Waals surface area contributed by atoms with Crippen molar-refractivity contribution in [1.29, 1.82) is 0 Å². The SMILES string of the molecule is NC1(CC(=O)Nc2ccc3[nH]ccc3c2)CCC1. The average molecular weight is 243 g/mol. The van der Waals surface area contributed by atoms with E-state index in [1.165, 1.54) is 0 Å². The number of nitrogens with one attached hydrogen (secondary N) is 2. The maximum absolute atomic E-state index is 11.9. The molecule has 1 aromatic heterocycles. The second-order valence-corrected chi connectivity index (χ2v) is 5.22. The van der Waals surface area contributed by atoms with Gasteiger partial charge in [0, 0.05) is 34.7 Å². The Morgan fingerprint density at radius 3 is 2.94 bits per heavy atom. The number of rotatable bonds is 3. The van der Waals surface area contributed by atoms with Crippen LogP contribution in [0.3, 0.4) is 0 Å². The Morgan fingerprint density at radius 2 is 2.22 bits per heavy atom. The Hall–Kier alpha value is -1.81. The highest BCUT2D eigenvalue weighted by atomic mass is 16.1. The summed E-state index contributed by atoms with van der Waals surface area (Å²) in [7, 11) is 0. The number of amides is 1. The van der Waals surface area contributed by atoms with Crippen molar-refractivity contribution >= 4 is 22.5 Å². The van der Waals surface area contributed by atoms with E-state index in [0.29, 0.717) is 6.42 Å². The Bertz CT molecular complexity index is 583. The van der Waals surface area contributed by atoms with Crippen LogP contribution in [-0.4, -0.2) is 16.4 Å². The molecule has 1 heterocycles. The summed E-state index contributed by atoms with van der Waals surface area (Å²) >= 11 is 0. The number of carbonyl (C=O) groups excluding carboxylic acids is 1. The summed E-state index contributed by atoms with van der Waals surface area (Å²) in [6.07, 6.45) is 5.35. The van der Waals surface area contributed by atoms with Crippen LogP contribution in [0.1, 0.15) is 25.7 Å². The lowest BCUT2D eigenvalue weighted by atomic mass is 9.75. The van der Waals surface area contributed by atoms with Crippen LogP contribution in [0.4, 0.5) is 5.69 Å². The molecule has 0 bridgehead atoms. The summed E-state index contributed by atoms with van der Waals surface area (Å²) < 4.78 is 0. The second-order valence-electron chi connectivity index (χ2n) is 5.22. The normalized spacial score (nSPS) is 17.4. The number of nitrogens with two attached hydrogens (primary N) is 1. The van der Waals surface area contributed by atoms with Gasteiger partial charge in [-0.15, -0.1) is 0 Å². The summed E-state index contributed by atoms with van der Waals surface area (Å²) in [4.78, 5) is 15.0. The van der Waals surface area contributed by atoms with Crippen molar-refractivity contribution in [3.05, 3.63) is 30.5 Å². The van der Waals surface area contributed by atoms with Gasteiger partial charge >= 0.3 is 0 Å². The fraction of sp³-hybridized carbons (Fsp3) is 0.357. The minimum atomic E-state index is -0.262. The number of carbonyl (C=O) groups is 1. The molecule has 3 rings (SSSR count). The van der Waals surface area contributed by atoms with Gasteiger partial charge in [0.1, 0.15) is 0 Å². The summed E-state index contributed by atoms with van der Waals surface area (Å²) in [6.45, 7) is 0. The van der Waals surface area contributed by atoms with E-state index in [2.05, 4.69) is 10.3 Å². The Morgan fingerprint density at radius 1 is 1.39 bits per heavy atom. The molecule has 0 aliphatic heterocycles. The van der Waals surface area contributed by atoms with E-state index in [9.17, 15) is 4.79 Å². The van der Waals surface area contributed by atoms with Gasteiger partial charge in [0.15, 0.2) is 0 Å². The topological polar surface area (TPSA) is 70.9 Å². The highest BCUT2D eigenvalue weighted by molar-refractivity contribution is 5.94. The third-order valence-electron chi connectivity index (χ3n) is 3.70. The lowest BCUT2D eigenvalue weighted by molar-refractivity contribution is -0.118. The lowest BCUT2D eigenvalue weighted by Gasteiger charge is -2.37. The van der Waals surface area contributed by atoms with Gasteiger partial charge in [-0.1, -0.05) is 0 Å². The maximum Gasteiger partial charge on any atom is 0.226 e. The molecule has 1 aliphatic rings. The number of fused-ring (bicyclic) bond motifs is 1. The van der Waals surface area contributed by atoms with E-state index < -0.39 is 0 Å². The van der Waals surface area contributed by atoms with Crippen molar-refractivity contribution in [2.24, 2.45) is 5.73 Å². The van der Waals surface area contributed by atoms with Crippen molar-refractivity contribution < 1.29 is 4.79 Å². The number of benzene rings is 1. The fourth-order valence-corrected chi connectivity index (χ4v) is 2.46. The molecule has 18 heavy (non-hydrogen) atoms. The molecule has 0 atom stereocenters. The van der Waals surface area contributed by atoms with Crippen LogP contribution in [0.25, 0.3) is 10.9 Å². The third-order valence-corrected chi connectivity index (χ3v) is 3.70. The van der Waals surface area contributed by atoms with Crippen molar-refractivity contribution in [3.63, 3.8) is 0 Å². The van der Waals surface area contributed by atoms with E-state index in [4.69, 9.17) is 5.73 Å². The summed E-state index contributed by atoms with van der Waals surface area (Å²) in [5.41, 5.74) is 7.70. The zero-order chi connectivity index (χ0) is 12.6. The number of anilines is 1. The van der Waals surface area contributed by atoms with E-state index in [0.717, 1.165) is 35.9 Å². The van der Waals surface area contributed by atoms with Gasteiger partial charge in [-0.05, 0) is 43.5 Å². The fourth-order valence-electron chi connectivity index (χ4n) is 2.46. The first-order chi connectivity index (χ1) is 8.65. The summed E-state index contributed by atoms with van der Waals surface area (Å²) in [5, 5.41) is 4.01. The number of hydrogen-bond acceptors (Lipinski definition) is 2. The van der Waals surface area contributed by atoms with Crippen molar-refractivity contribution in [3.8, 4) is 0 Å². The molecule has 4 nitrogen and oxygen atoms in total.